The van der Waals surface area contributed by atoms with E-state index in [1.165, 1.54) is 12.8 Å². The van der Waals surface area contributed by atoms with Crippen molar-refractivity contribution in [2.75, 3.05) is 24.5 Å². The van der Waals surface area contributed by atoms with Crippen molar-refractivity contribution in [1.82, 2.24) is 5.32 Å². The number of nitrogens with one attached hydrogen (secondary N) is 1. The van der Waals surface area contributed by atoms with Crippen LogP contribution in [0.2, 0.25) is 0 Å². The van der Waals surface area contributed by atoms with E-state index in [2.05, 4.69) is 12.2 Å². The van der Waals surface area contributed by atoms with Gasteiger partial charge in [0.1, 0.15) is 0 Å². The van der Waals surface area contributed by atoms with Gasteiger partial charge in [-0.15, -0.1) is 0 Å². The normalized spacial score (nSPS) is 19.1. The number of primary amides is 1. The number of amides is 2. The largest absolute Gasteiger partial charge is 0.370 e. The third-order valence-corrected chi connectivity index (χ3v) is 4.59. The molecule has 0 aliphatic carbocycles. The van der Waals surface area contributed by atoms with Crippen LogP contribution in [0.5, 0.6) is 0 Å². The van der Waals surface area contributed by atoms with E-state index in [0.717, 1.165) is 18.8 Å². The number of nitrogens with two attached hydrogens (primary N) is 1. The Kier molecular flexibility index (Phi) is 6.59. The molecule has 1 aliphatic rings. The molecule has 1 aliphatic heterocycles. The summed E-state index contributed by atoms with van der Waals surface area (Å²) < 4.78 is 0. The Balaban J connectivity index is 2.01. The first-order valence-corrected chi connectivity index (χ1v) is 8.42. The van der Waals surface area contributed by atoms with Crippen molar-refractivity contribution >= 4 is 17.5 Å². The molecular weight excluding hydrogens is 290 g/mol. The van der Waals surface area contributed by atoms with Gasteiger partial charge >= 0.3 is 0 Å². The predicted octanol–water partition coefficient (Wildman–Crippen LogP) is 1.92. The number of carbonyl (C=O) groups is 2. The Morgan fingerprint density at radius 3 is 2.70 bits per heavy atom. The van der Waals surface area contributed by atoms with Gasteiger partial charge in [-0.05, 0) is 49.9 Å². The molecule has 5 heteroatoms. The van der Waals surface area contributed by atoms with Crippen LogP contribution in [0.15, 0.2) is 30.3 Å². The van der Waals surface area contributed by atoms with Crippen LogP contribution in [0.4, 0.5) is 5.69 Å². The first kappa shape index (κ1) is 17.5. The van der Waals surface area contributed by atoms with Gasteiger partial charge in [0.2, 0.25) is 11.8 Å². The molecule has 23 heavy (non-hydrogen) atoms. The quantitative estimate of drug-likeness (QED) is 0.807. The van der Waals surface area contributed by atoms with Crippen molar-refractivity contribution in [2.45, 2.75) is 32.6 Å². The Labute approximate surface area is 138 Å². The van der Waals surface area contributed by atoms with Gasteiger partial charge in [-0.25, -0.2) is 0 Å². The molecule has 0 radical (unpaired) electrons. The number of hydrogen-bond acceptors (Lipinski definition) is 3. The van der Waals surface area contributed by atoms with Gasteiger partial charge < -0.3 is 16.0 Å². The summed E-state index contributed by atoms with van der Waals surface area (Å²) >= 11 is 0. The predicted molar refractivity (Wildman–Crippen MR) is 92.0 cm³/mol. The van der Waals surface area contributed by atoms with Crippen LogP contribution in [0.25, 0.3) is 0 Å². The SMILES string of the molecule is CC(CC(=O)N(CCC(N)=O)c1ccccc1)C1CCCNC1. The maximum absolute atomic E-state index is 12.8. The highest BCUT2D eigenvalue weighted by Gasteiger charge is 2.25. The van der Waals surface area contributed by atoms with Crippen LogP contribution in [-0.4, -0.2) is 31.4 Å². The van der Waals surface area contributed by atoms with Gasteiger partial charge in [-0.2, -0.15) is 0 Å². The van der Waals surface area contributed by atoms with E-state index in [-0.39, 0.29) is 18.2 Å². The highest BCUT2D eigenvalue weighted by atomic mass is 16.2. The average Bonchev–Trinajstić information content (AvgIpc) is 2.56. The monoisotopic (exact) mass is 317 g/mol. The first-order chi connectivity index (χ1) is 11.1. The third kappa shape index (κ3) is 5.36. The minimum atomic E-state index is -0.386. The molecule has 1 saturated heterocycles. The average molecular weight is 317 g/mol. The summed E-state index contributed by atoms with van der Waals surface area (Å²) in [4.78, 5) is 25.6. The lowest BCUT2D eigenvalue weighted by atomic mass is 9.85. The van der Waals surface area contributed by atoms with E-state index in [1.807, 2.05) is 30.3 Å². The summed E-state index contributed by atoms with van der Waals surface area (Å²) in [6.07, 6.45) is 3.03. The molecule has 1 fully saturated rings. The lowest BCUT2D eigenvalue weighted by Crippen LogP contribution is -2.38. The minimum absolute atomic E-state index is 0.0653. The number of nitrogens with zero attached hydrogens (tertiary/aromatic N) is 1. The molecule has 2 unspecified atom stereocenters. The van der Waals surface area contributed by atoms with Crippen molar-refractivity contribution in [1.29, 1.82) is 0 Å². The van der Waals surface area contributed by atoms with E-state index in [0.29, 0.717) is 24.8 Å². The second-order valence-electron chi connectivity index (χ2n) is 6.39. The zero-order chi connectivity index (χ0) is 16.7. The molecule has 126 valence electrons. The molecule has 0 aromatic heterocycles. The maximum atomic E-state index is 12.8. The van der Waals surface area contributed by atoms with Crippen molar-refractivity contribution < 1.29 is 9.59 Å². The highest BCUT2D eigenvalue weighted by Crippen LogP contribution is 2.24. The number of carbonyl (C=O) groups excluding carboxylic acids is 2. The minimum Gasteiger partial charge on any atom is -0.370 e. The number of benzene rings is 1. The van der Waals surface area contributed by atoms with Gasteiger partial charge in [0, 0.05) is 25.1 Å². The standard InChI is InChI=1S/C18H27N3O2/c1-14(15-6-5-10-20-13-15)12-18(23)21(11-9-17(19)22)16-7-3-2-4-8-16/h2-4,7-8,14-15,20H,5-6,9-13H2,1H3,(H2,19,22). The summed E-state index contributed by atoms with van der Waals surface area (Å²) in [6, 6.07) is 9.50. The van der Waals surface area contributed by atoms with Crippen molar-refractivity contribution in [2.24, 2.45) is 17.6 Å². The van der Waals surface area contributed by atoms with Gasteiger partial charge in [0.05, 0.1) is 0 Å². The summed E-state index contributed by atoms with van der Waals surface area (Å²) in [5, 5.41) is 3.40. The van der Waals surface area contributed by atoms with Gasteiger partial charge in [-0.3, -0.25) is 9.59 Å². The van der Waals surface area contributed by atoms with E-state index in [1.54, 1.807) is 4.90 Å². The van der Waals surface area contributed by atoms with Crippen LogP contribution in [0.3, 0.4) is 0 Å². The van der Waals surface area contributed by atoms with Crippen LogP contribution < -0.4 is 16.0 Å². The Morgan fingerprint density at radius 1 is 1.35 bits per heavy atom. The van der Waals surface area contributed by atoms with Crippen LogP contribution in [-0.2, 0) is 9.59 Å². The Hall–Kier alpha value is -1.88. The molecule has 1 aromatic rings. The topological polar surface area (TPSA) is 75.4 Å². The molecule has 0 spiro atoms. The number of rotatable bonds is 7. The smallest absolute Gasteiger partial charge is 0.227 e. The number of para-hydroxylation sites is 1. The lowest BCUT2D eigenvalue weighted by Gasteiger charge is -2.30. The fourth-order valence-electron chi connectivity index (χ4n) is 3.14. The molecular formula is C18H27N3O2. The van der Waals surface area contributed by atoms with E-state index < -0.39 is 0 Å². The Morgan fingerprint density at radius 2 is 2.09 bits per heavy atom. The summed E-state index contributed by atoms with van der Waals surface area (Å²) in [5.74, 6) is 0.551. The van der Waals surface area contributed by atoms with Gasteiger partial charge in [0.25, 0.3) is 0 Å². The Bertz CT molecular complexity index is 512. The lowest BCUT2D eigenvalue weighted by molar-refractivity contribution is -0.120. The van der Waals surface area contributed by atoms with E-state index in [9.17, 15) is 9.59 Å². The number of anilines is 1. The first-order valence-electron chi connectivity index (χ1n) is 8.42. The fourth-order valence-corrected chi connectivity index (χ4v) is 3.14. The fraction of sp³-hybridized carbons (Fsp3) is 0.556. The number of piperidine rings is 1. The maximum Gasteiger partial charge on any atom is 0.227 e. The molecule has 2 rings (SSSR count). The molecule has 5 nitrogen and oxygen atoms in total. The molecule has 2 atom stereocenters. The van der Waals surface area contributed by atoms with Crippen molar-refractivity contribution in [3.8, 4) is 0 Å². The zero-order valence-corrected chi connectivity index (χ0v) is 13.8. The van der Waals surface area contributed by atoms with Gasteiger partial charge in [-0.1, -0.05) is 25.1 Å². The van der Waals surface area contributed by atoms with Gasteiger partial charge in [0.15, 0.2) is 0 Å². The van der Waals surface area contributed by atoms with Crippen molar-refractivity contribution in [3.05, 3.63) is 30.3 Å². The molecule has 0 saturated carbocycles. The summed E-state index contributed by atoms with van der Waals surface area (Å²) in [7, 11) is 0. The number of hydrogen-bond donors (Lipinski definition) is 2. The third-order valence-electron chi connectivity index (χ3n) is 4.59. The molecule has 1 aromatic carbocycles. The van der Waals surface area contributed by atoms with Crippen molar-refractivity contribution in [3.63, 3.8) is 0 Å². The zero-order valence-electron chi connectivity index (χ0n) is 13.8. The second-order valence-corrected chi connectivity index (χ2v) is 6.39. The van der Waals surface area contributed by atoms with E-state index >= 15 is 0 Å². The van der Waals surface area contributed by atoms with Crippen LogP contribution in [0, 0.1) is 11.8 Å². The molecule has 3 N–H and O–H groups in total. The summed E-state index contributed by atoms with van der Waals surface area (Å²) in [5.41, 5.74) is 6.08. The van der Waals surface area contributed by atoms with Crippen LogP contribution in [0.1, 0.15) is 32.6 Å². The van der Waals surface area contributed by atoms with Crippen LogP contribution >= 0.6 is 0 Å². The molecule has 2 amide bonds. The van der Waals surface area contributed by atoms with E-state index in [4.69, 9.17) is 5.73 Å². The second kappa shape index (κ2) is 8.67. The summed E-state index contributed by atoms with van der Waals surface area (Å²) in [6.45, 7) is 4.55. The molecule has 0 bridgehead atoms. The highest BCUT2D eigenvalue weighted by molar-refractivity contribution is 5.94. The molecule has 1 heterocycles.